The van der Waals surface area contributed by atoms with Crippen molar-refractivity contribution in [2.45, 2.75) is 70.4 Å². The molecule has 1 aliphatic carbocycles. The molecule has 2 aliphatic heterocycles. The molecule has 6 rings (SSSR count). The van der Waals surface area contributed by atoms with Crippen LogP contribution in [0.5, 0.6) is 0 Å². The van der Waals surface area contributed by atoms with E-state index < -0.39 is 9.84 Å². The van der Waals surface area contributed by atoms with Crippen molar-refractivity contribution in [3.05, 3.63) is 47.2 Å². The summed E-state index contributed by atoms with van der Waals surface area (Å²) in [5, 5.41) is 3.88. The zero-order chi connectivity index (χ0) is 28.2. The predicted molar refractivity (Wildman–Crippen MR) is 156 cm³/mol. The van der Waals surface area contributed by atoms with Crippen molar-refractivity contribution in [3.63, 3.8) is 0 Å². The third kappa shape index (κ3) is 4.89. The van der Waals surface area contributed by atoms with Gasteiger partial charge in [0.15, 0.2) is 15.0 Å². The Balaban J connectivity index is 1.33. The molecule has 11 heteroatoms. The number of amides is 2. The van der Waals surface area contributed by atoms with Crippen LogP contribution in [-0.4, -0.2) is 53.4 Å². The highest BCUT2D eigenvalue weighted by molar-refractivity contribution is 7.91. The maximum atomic E-state index is 13.4. The molecule has 3 aromatic rings. The maximum Gasteiger partial charge on any atom is 0.256 e. The summed E-state index contributed by atoms with van der Waals surface area (Å²) < 4.78 is 26.4. The van der Waals surface area contributed by atoms with Gasteiger partial charge in [-0.1, -0.05) is 24.3 Å². The first-order valence-electron chi connectivity index (χ1n) is 13.9. The Morgan fingerprint density at radius 1 is 1.15 bits per heavy atom. The van der Waals surface area contributed by atoms with Crippen molar-refractivity contribution in [1.82, 2.24) is 14.9 Å². The lowest BCUT2D eigenvalue weighted by Gasteiger charge is -2.25. The average molecular weight is 580 g/mol. The molecule has 3 aliphatic rings. The van der Waals surface area contributed by atoms with E-state index in [1.54, 1.807) is 17.9 Å². The number of piperidine rings is 1. The molecule has 1 saturated heterocycles. The van der Waals surface area contributed by atoms with E-state index >= 15 is 0 Å². The standard InChI is InChI=1S/C29H33N5O4S2/c1-4-40(37,38)22-15-20(14-21-16-34(28(36)26(21)22)18(3)19-11-12-19)27-17(2)30-29(39-27)32-23-8-7-9-24(31-23)33-13-6-5-10-25(33)35/h7-9,14-15,18-19H,4-6,10-13,16H2,1-3H3,(H,30,31,32)/t18-/m0/s1. The minimum Gasteiger partial charge on any atom is -0.331 e. The van der Waals surface area contributed by atoms with Crippen LogP contribution in [0.25, 0.3) is 10.4 Å². The Kier molecular flexibility index (Phi) is 6.90. The number of aryl methyl sites for hydroxylation is 1. The first-order chi connectivity index (χ1) is 19.2. The fourth-order valence-electron chi connectivity index (χ4n) is 5.65. The number of fused-ring (bicyclic) bond motifs is 1. The monoisotopic (exact) mass is 579 g/mol. The fraction of sp³-hybridized carbons (Fsp3) is 0.448. The largest absolute Gasteiger partial charge is 0.331 e. The van der Waals surface area contributed by atoms with Crippen molar-refractivity contribution in [1.29, 1.82) is 0 Å². The number of pyridine rings is 1. The Bertz CT molecular complexity index is 1610. The number of carbonyl (C=O) groups excluding carboxylic acids is 2. The molecule has 0 radical (unpaired) electrons. The van der Waals surface area contributed by atoms with Crippen molar-refractivity contribution in [2.24, 2.45) is 5.92 Å². The SMILES string of the molecule is CCS(=O)(=O)c1cc(-c2sc(Nc3cccc(N4CCCCC4=O)n3)nc2C)cc2c1C(=O)N([C@@H](C)C1CC1)C2. The number of sulfone groups is 1. The summed E-state index contributed by atoms with van der Waals surface area (Å²) in [6, 6.07) is 9.21. The summed E-state index contributed by atoms with van der Waals surface area (Å²) in [5.74, 6) is 1.50. The van der Waals surface area contributed by atoms with Crippen molar-refractivity contribution < 1.29 is 18.0 Å². The van der Waals surface area contributed by atoms with Crippen molar-refractivity contribution >= 4 is 49.8 Å². The smallest absolute Gasteiger partial charge is 0.256 e. The van der Waals surface area contributed by atoms with Gasteiger partial charge >= 0.3 is 0 Å². The Morgan fingerprint density at radius 3 is 2.67 bits per heavy atom. The Hall–Kier alpha value is -3.31. The van der Waals surface area contributed by atoms with Crippen molar-refractivity contribution in [2.75, 3.05) is 22.5 Å². The van der Waals surface area contributed by atoms with Crippen LogP contribution in [0.4, 0.5) is 16.8 Å². The van der Waals surface area contributed by atoms with Crippen LogP contribution < -0.4 is 10.2 Å². The lowest BCUT2D eigenvalue weighted by molar-refractivity contribution is -0.119. The van der Waals surface area contributed by atoms with Gasteiger partial charge in [-0.15, -0.1) is 0 Å². The van der Waals surface area contributed by atoms with E-state index in [4.69, 9.17) is 4.98 Å². The van der Waals surface area contributed by atoms with Gasteiger partial charge in [0.1, 0.15) is 11.6 Å². The second-order valence-corrected chi connectivity index (χ2v) is 14.1. The molecule has 9 nitrogen and oxygen atoms in total. The van der Waals surface area contributed by atoms with Crippen LogP contribution >= 0.6 is 11.3 Å². The molecule has 0 spiro atoms. The van der Waals surface area contributed by atoms with Crippen LogP contribution in [0, 0.1) is 12.8 Å². The highest BCUT2D eigenvalue weighted by Crippen LogP contribution is 2.42. The van der Waals surface area contributed by atoms with Gasteiger partial charge in [0.2, 0.25) is 5.91 Å². The molecule has 2 amide bonds. The van der Waals surface area contributed by atoms with Crippen LogP contribution in [0.2, 0.25) is 0 Å². The molecule has 1 N–H and O–H groups in total. The number of carbonyl (C=O) groups is 2. The first-order valence-corrected chi connectivity index (χ1v) is 16.4. The van der Waals surface area contributed by atoms with Gasteiger partial charge < -0.3 is 10.2 Å². The van der Waals surface area contributed by atoms with E-state index in [0.717, 1.165) is 47.4 Å². The van der Waals surface area contributed by atoms with Crippen LogP contribution in [-0.2, 0) is 21.2 Å². The van der Waals surface area contributed by atoms with E-state index in [1.165, 1.54) is 11.3 Å². The summed E-state index contributed by atoms with van der Waals surface area (Å²) in [4.78, 5) is 39.7. The van der Waals surface area contributed by atoms with Gasteiger partial charge in [0.25, 0.3) is 5.91 Å². The lowest BCUT2D eigenvalue weighted by atomic mass is 10.0. The number of anilines is 3. The highest BCUT2D eigenvalue weighted by Gasteiger charge is 2.41. The minimum atomic E-state index is -3.64. The summed E-state index contributed by atoms with van der Waals surface area (Å²) in [7, 11) is -3.64. The number of thiazole rings is 1. The number of benzene rings is 1. The molecule has 0 bridgehead atoms. The third-order valence-electron chi connectivity index (χ3n) is 8.14. The van der Waals surface area contributed by atoms with E-state index in [-0.39, 0.29) is 28.5 Å². The fourth-order valence-corrected chi connectivity index (χ4v) is 7.76. The molecule has 40 heavy (non-hydrogen) atoms. The number of hydrogen-bond acceptors (Lipinski definition) is 8. The van der Waals surface area contributed by atoms with E-state index in [9.17, 15) is 18.0 Å². The quantitative estimate of drug-likeness (QED) is 0.384. The number of rotatable bonds is 8. The molecule has 0 unspecified atom stereocenters. The number of aromatic nitrogens is 2. The maximum absolute atomic E-state index is 13.4. The predicted octanol–water partition coefficient (Wildman–Crippen LogP) is 5.32. The van der Waals surface area contributed by atoms with Gasteiger partial charge in [-0.2, -0.15) is 0 Å². The molecule has 2 aromatic heterocycles. The zero-order valence-electron chi connectivity index (χ0n) is 22.9. The first kappa shape index (κ1) is 26.9. The van der Waals surface area contributed by atoms with Gasteiger partial charge in [-0.25, -0.2) is 18.4 Å². The lowest BCUT2D eigenvalue weighted by Crippen LogP contribution is -2.35. The molecule has 1 saturated carbocycles. The summed E-state index contributed by atoms with van der Waals surface area (Å²) in [5.41, 5.74) is 2.57. The van der Waals surface area contributed by atoms with E-state index in [1.807, 2.05) is 36.1 Å². The zero-order valence-corrected chi connectivity index (χ0v) is 24.6. The van der Waals surface area contributed by atoms with Gasteiger partial charge in [-0.05, 0) is 80.8 Å². The average Bonchev–Trinajstić information content (AvgIpc) is 3.66. The van der Waals surface area contributed by atoms with Crippen LogP contribution in [0.3, 0.4) is 0 Å². The molecule has 210 valence electrons. The third-order valence-corrected chi connectivity index (χ3v) is 11.0. The summed E-state index contributed by atoms with van der Waals surface area (Å²) >= 11 is 1.41. The Labute approximate surface area is 238 Å². The topological polar surface area (TPSA) is 113 Å². The number of nitrogens with one attached hydrogen (secondary N) is 1. The molecule has 2 fully saturated rings. The van der Waals surface area contributed by atoms with Gasteiger partial charge in [0, 0.05) is 25.6 Å². The number of nitrogens with zero attached hydrogens (tertiary/aromatic N) is 4. The van der Waals surface area contributed by atoms with Crippen LogP contribution in [0.1, 0.15) is 67.6 Å². The molecular formula is C29H33N5O4S2. The Morgan fingerprint density at radius 2 is 1.95 bits per heavy atom. The second kappa shape index (κ2) is 10.3. The van der Waals surface area contributed by atoms with Gasteiger partial charge in [0.05, 0.1) is 26.8 Å². The van der Waals surface area contributed by atoms with Crippen molar-refractivity contribution in [3.8, 4) is 10.4 Å². The minimum absolute atomic E-state index is 0.0790. The molecule has 4 heterocycles. The molecular weight excluding hydrogens is 546 g/mol. The van der Waals surface area contributed by atoms with E-state index in [2.05, 4.69) is 17.2 Å². The summed E-state index contributed by atoms with van der Waals surface area (Å²) in [6.45, 7) is 6.64. The highest BCUT2D eigenvalue weighted by atomic mass is 32.2. The number of hydrogen-bond donors (Lipinski definition) is 1. The summed E-state index contributed by atoms with van der Waals surface area (Å²) in [6.07, 6.45) is 4.61. The van der Waals surface area contributed by atoms with Gasteiger partial charge in [-0.3, -0.25) is 14.5 Å². The normalized spacial score (nSPS) is 18.3. The molecule has 1 atom stereocenters. The molecule has 1 aromatic carbocycles. The second-order valence-electron chi connectivity index (χ2n) is 10.9. The van der Waals surface area contributed by atoms with Crippen LogP contribution in [0.15, 0.2) is 35.2 Å². The van der Waals surface area contributed by atoms with E-state index in [0.29, 0.717) is 47.8 Å².